The number of piperidine rings is 1. The maximum Gasteiger partial charge on any atom is 0.224 e. The van der Waals surface area contributed by atoms with Crippen LogP contribution in [0.3, 0.4) is 0 Å². The minimum Gasteiger partial charge on any atom is -0.340 e. The summed E-state index contributed by atoms with van der Waals surface area (Å²) in [7, 11) is 0. The van der Waals surface area contributed by atoms with Crippen LogP contribution in [0.4, 0.5) is 0 Å². The smallest absolute Gasteiger partial charge is 0.224 e. The highest BCUT2D eigenvalue weighted by Crippen LogP contribution is 2.25. The third-order valence-electron chi connectivity index (χ3n) is 6.35. The SMILES string of the molecule is C[C@@H](CC(=O)N1CCCC[C@@H]1CCN1CCCC1)n1cnc2ccccc21. The van der Waals surface area contributed by atoms with Crippen molar-refractivity contribution >= 4 is 16.9 Å². The highest BCUT2D eigenvalue weighted by molar-refractivity contribution is 5.78. The van der Waals surface area contributed by atoms with E-state index in [0.717, 1.165) is 37.0 Å². The van der Waals surface area contributed by atoms with Crippen LogP contribution in [0.2, 0.25) is 0 Å². The van der Waals surface area contributed by atoms with Crippen molar-refractivity contribution in [2.75, 3.05) is 26.2 Å². The van der Waals surface area contributed by atoms with Crippen molar-refractivity contribution in [1.29, 1.82) is 0 Å². The summed E-state index contributed by atoms with van der Waals surface area (Å²) >= 11 is 0. The van der Waals surface area contributed by atoms with E-state index in [4.69, 9.17) is 0 Å². The molecule has 2 aromatic rings. The van der Waals surface area contributed by atoms with Gasteiger partial charge in [-0.25, -0.2) is 4.98 Å². The lowest BCUT2D eigenvalue weighted by Crippen LogP contribution is -2.45. The molecule has 2 aliphatic rings. The highest BCUT2D eigenvalue weighted by Gasteiger charge is 2.28. The van der Waals surface area contributed by atoms with Crippen molar-refractivity contribution < 1.29 is 4.79 Å². The number of hydrogen-bond acceptors (Lipinski definition) is 3. The maximum atomic E-state index is 13.1. The van der Waals surface area contributed by atoms with E-state index in [0.29, 0.717) is 18.4 Å². The van der Waals surface area contributed by atoms with Crippen LogP contribution >= 0.6 is 0 Å². The first-order chi connectivity index (χ1) is 13.2. The van der Waals surface area contributed by atoms with Gasteiger partial charge in [0.15, 0.2) is 0 Å². The van der Waals surface area contributed by atoms with Crippen molar-refractivity contribution in [3.05, 3.63) is 30.6 Å². The van der Waals surface area contributed by atoms with E-state index in [1.54, 1.807) is 0 Å². The van der Waals surface area contributed by atoms with Crippen molar-refractivity contribution in [2.45, 2.75) is 64.0 Å². The Morgan fingerprint density at radius 2 is 1.93 bits per heavy atom. The fourth-order valence-corrected chi connectivity index (χ4v) is 4.76. The van der Waals surface area contributed by atoms with Crippen LogP contribution in [0.5, 0.6) is 0 Å². The average molecular weight is 369 g/mol. The number of aromatic nitrogens is 2. The Bertz CT molecular complexity index is 765. The normalized spacial score (nSPS) is 22.4. The van der Waals surface area contributed by atoms with Crippen LogP contribution in [0, 0.1) is 0 Å². The molecule has 1 amide bonds. The number of carbonyl (C=O) groups is 1. The van der Waals surface area contributed by atoms with Gasteiger partial charge in [-0.1, -0.05) is 12.1 Å². The van der Waals surface area contributed by atoms with Gasteiger partial charge >= 0.3 is 0 Å². The van der Waals surface area contributed by atoms with Crippen LogP contribution in [0.15, 0.2) is 30.6 Å². The summed E-state index contributed by atoms with van der Waals surface area (Å²) in [5, 5.41) is 0. The molecule has 0 bridgehead atoms. The van der Waals surface area contributed by atoms with Gasteiger partial charge in [0.2, 0.25) is 5.91 Å². The molecule has 0 saturated carbocycles. The predicted octanol–water partition coefficient (Wildman–Crippen LogP) is 3.85. The largest absolute Gasteiger partial charge is 0.340 e. The zero-order valence-electron chi connectivity index (χ0n) is 16.5. The quantitative estimate of drug-likeness (QED) is 0.778. The van der Waals surface area contributed by atoms with Crippen molar-refractivity contribution in [2.24, 2.45) is 0 Å². The second-order valence-corrected chi connectivity index (χ2v) is 8.27. The zero-order valence-corrected chi connectivity index (χ0v) is 16.5. The number of nitrogens with zero attached hydrogens (tertiary/aromatic N) is 4. The molecule has 0 aliphatic carbocycles. The summed E-state index contributed by atoms with van der Waals surface area (Å²) in [5.41, 5.74) is 2.11. The van der Waals surface area contributed by atoms with E-state index in [-0.39, 0.29) is 6.04 Å². The van der Waals surface area contributed by atoms with Gasteiger partial charge < -0.3 is 14.4 Å². The molecule has 5 heteroatoms. The lowest BCUT2D eigenvalue weighted by atomic mass is 9.98. The number of fused-ring (bicyclic) bond motifs is 1. The van der Waals surface area contributed by atoms with Crippen LogP contribution in [0.1, 0.15) is 57.9 Å². The first-order valence-corrected chi connectivity index (χ1v) is 10.7. The van der Waals surface area contributed by atoms with E-state index >= 15 is 0 Å². The lowest BCUT2D eigenvalue weighted by Gasteiger charge is -2.37. The molecule has 146 valence electrons. The van der Waals surface area contributed by atoms with Gasteiger partial charge in [0, 0.05) is 31.6 Å². The Kier molecular flexibility index (Phi) is 5.77. The van der Waals surface area contributed by atoms with Gasteiger partial charge in [-0.3, -0.25) is 4.79 Å². The molecule has 5 nitrogen and oxygen atoms in total. The topological polar surface area (TPSA) is 41.4 Å². The number of amides is 1. The number of carbonyl (C=O) groups excluding carboxylic acids is 1. The summed E-state index contributed by atoms with van der Waals surface area (Å²) < 4.78 is 2.15. The molecular formula is C22H32N4O. The molecule has 0 spiro atoms. The van der Waals surface area contributed by atoms with Crippen LogP contribution in [0.25, 0.3) is 11.0 Å². The van der Waals surface area contributed by atoms with Crippen LogP contribution in [-0.2, 0) is 4.79 Å². The number of hydrogen-bond donors (Lipinski definition) is 0. The minimum absolute atomic E-state index is 0.131. The molecule has 3 heterocycles. The molecule has 27 heavy (non-hydrogen) atoms. The molecule has 0 N–H and O–H groups in total. The fraction of sp³-hybridized carbons (Fsp3) is 0.636. The van der Waals surface area contributed by atoms with Crippen molar-refractivity contribution in [1.82, 2.24) is 19.4 Å². The number of likely N-dealkylation sites (tertiary alicyclic amines) is 2. The first-order valence-electron chi connectivity index (χ1n) is 10.7. The van der Waals surface area contributed by atoms with Gasteiger partial charge in [0.1, 0.15) is 0 Å². The summed E-state index contributed by atoms with van der Waals surface area (Å²) in [4.78, 5) is 22.4. The molecule has 2 fully saturated rings. The third kappa shape index (κ3) is 4.18. The van der Waals surface area contributed by atoms with Gasteiger partial charge in [-0.15, -0.1) is 0 Å². The number of benzene rings is 1. The Morgan fingerprint density at radius 3 is 2.78 bits per heavy atom. The van der Waals surface area contributed by atoms with E-state index in [1.165, 1.54) is 38.8 Å². The summed E-state index contributed by atoms with van der Waals surface area (Å²) in [6, 6.07) is 8.72. The summed E-state index contributed by atoms with van der Waals surface area (Å²) in [6.07, 6.45) is 9.82. The van der Waals surface area contributed by atoms with E-state index in [1.807, 2.05) is 24.5 Å². The number of rotatable bonds is 6. The van der Waals surface area contributed by atoms with Gasteiger partial charge in [0.25, 0.3) is 0 Å². The molecule has 1 aromatic heterocycles. The summed E-state index contributed by atoms with van der Waals surface area (Å²) in [5.74, 6) is 0.311. The second-order valence-electron chi connectivity index (χ2n) is 8.27. The van der Waals surface area contributed by atoms with E-state index < -0.39 is 0 Å². The monoisotopic (exact) mass is 368 g/mol. The molecule has 0 unspecified atom stereocenters. The molecule has 2 atom stereocenters. The lowest BCUT2D eigenvalue weighted by molar-refractivity contribution is -0.135. The Hall–Kier alpha value is -1.88. The second kappa shape index (κ2) is 8.42. The number of imidazole rings is 1. The summed E-state index contributed by atoms with van der Waals surface area (Å²) in [6.45, 7) is 6.70. The molecule has 2 saturated heterocycles. The Balaban J connectivity index is 1.39. The average Bonchev–Trinajstić information content (AvgIpc) is 3.36. The van der Waals surface area contributed by atoms with Crippen molar-refractivity contribution in [3.8, 4) is 0 Å². The van der Waals surface area contributed by atoms with Crippen molar-refractivity contribution in [3.63, 3.8) is 0 Å². The van der Waals surface area contributed by atoms with Gasteiger partial charge in [0.05, 0.1) is 17.4 Å². The Labute approximate surface area is 162 Å². The molecule has 2 aliphatic heterocycles. The zero-order chi connectivity index (χ0) is 18.6. The predicted molar refractivity (Wildman–Crippen MR) is 109 cm³/mol. The maximum absolute atomic E-state index is 13.1. The highest BCUT2D eigenvalue weighted by atomic mass is 16.2. The molecular weight excluding hydrogens is 336 g/mol. The van der Waals surface area contributed by atoms with Gasteiger partial charge in [-0.05, 0) is 70.7 Å². The van der Waals surface area contributed by atoms with E-state index in [9.17, 15) is 4.79 Å². The molecule has 0 radical (unpaired) electrons. The number of para-hydroxylation sites is 2. The molecule has 4 rings (SSSR count). The fourth-order valence-electron chi connectivity index (χ4n) is 4.76. The standard InChI is InChI=1S/C22H32N4O/c1-18(26-17-23-20-9-2-3-10-21(20)26)16-22(27)25-14-5-4-8-19(25)11-15-24-12-6-7-13-24/h2-3,9-10,17-19H,4-8,11-16H2,1H3/t18-,19+/m0/s1. The first kappa shape index (κ1) is 18.5. The van der Waals surface area contributed by atoms with Gasteiger partial charge in [-0.2, -0.15) is 0 Å². The van der Waals surface area contributed by atoms with E-state index in [2.05, 4.69) is 32.3 Å². The Morgan fingerprint density at radius 1 is 1.15 bits per heavy atom. The molecule has 1 aromatic carbocycles. The third-order valence-corrected chi connectivity index (χ3v) is 6.35. The van der Waals surface area contributed by atoms with Crippen LogP contribution in [-0.4, -0.2) is 57.5 Å². The minimum atomic E-state index is 0.131. The van der Waals surface area contributed by atoms with Crippen LogP contribution < -0.4 is 0 Å².